The van der Waals surface area contributed by atoms with Gasteiger partial charge in [-0.05, 0) is 18.2 Å². The number of anilines is 2. The molecular weight excluding hydrogens is 178 g/mol. The topological polar surface area (TPSA) is 73.3 Å². The van der Waals surface area contributed by atoms with Gasteiger partial charge in [-0.1, -0.05) is 0 Å². The Balaban J connectivity index is 2.95. The largest absolute Gasteiger partial charge is 0.398 e. The quantitative estimate of drug-likeness (QED) is 0.685. The van der Waals surface area contributed by atoms with Gasteiger partial charge >= 0.3 is 0 Å². The van der Waals surface area contributed by atoms with Crippen molar-refractivity contribution >= 4 is 11.4 Å². The lowest BCUT2D eigenvalue weighted by Crippen LogP contribution is -2.21. The molecule has 0 radical (unpaired) electrons. The van der Waals surface area contributed by atoms with E-state index in [0.717, 1.165) is 5.69 Å². The molecule has 0 aliphatic carbocycles. The van der Waals surface area contributed by atoms with Gasteiger partial charge in [0.25, 0.3) is 0 Å². The van der Waals surface area contributed by atoms with Crippen LogP contribution in [-0.2, 0) is 0 Å². The van der Waals surface area contributed by atoms with Crippen molar-refractivity contribution < 1.29 is 5.11 Å². The Morgan fingerprint density at radius 2 is 2.29 bits per heavy atom. The summed E-state index contributed by atoms with van der Waals surface area (Å²) in [5, 5.41) is 17.5. The van der Waals surface area contributed by atoms with Crippen LogP contribution in [0.1, 0.15) is 5.56 Å². The van der Waals surface area contributed by atoms with Crippen LogP contribution in [0.5, 0.6) is 0 Å². The van der Waals surface area contributed by atoms with Crippen molar-refractivity contribution in [1.82, 2.24) is 0 Å². The molecule has 0 spiro atoms. The van der Waals surface area contributed by atoms with Gasteiger partial charge in [-0.3, -0.25) is 0 Å². The molecular formula is C10H13N3O. The maximum Gasteiger partial charge on any atom is 0.101 e. The molecule has 0 fully saturated rings. The highest BCUT2D eigenvalue weighted by atomic mass is 16.3. The van der Waals surface area contributed by atoms with Gasteiger partial charge in [0.2, 0.25) is 0 Å². The molecule has 4 nitrogen and oxygen atoms in total. The normalized spacial score (nSPS) is 9.50. The SMILES string of the molecule is CN(CCO)c1ccc(N)c(C#N)c1. The van der Waals surface area contributed by atoms with E-state index in [1.165, 1.54) is 0 Å². The van der Waals surface area contributed by atoms with Gasteiger partial charge in [0.15, 0.2) is 0 Å². The third-order valence-corrected chi connectivity index (χ3v) is 2.03. The molecule has 0 aliphatic heterocycles. The van der Waals surface area contributed by atoms with E-state index in [2.05, 4.69) is 0 Å². The first-order chi connectivity index (χ1) is 6.69. The smallest absolute Gasteiger partial charge is 0.101 e. The number of hydrogen-bond acceptors (Lipinski definition) is 4. The molecule has 4 heteroatoms. The van der Waals surface area contributed by atoms with Crippen LogP contribution >= 0.6 is 0 Å². The number of aliphatic hydroxyl groups is 1. The summed E-state index contributed by atoms with van der Waals surface area (Å²) in [6, 6.07) is 7.25. The minimum absolute atomic E-state index is 0.0861. The molecule has 0 saturated heterocycles. The zero-order chi connectivity index (χ0) is 10.6. The standard InChI is InChI=1S/C10H13N3O/c1-13(4-5-14)9-2-3-10(12)8(6-9)7-11/h2-3,6,14H,4-5,12H2,1H3. The van der Waals surface area contributed by atoms with Crippen LogP contribution in [0.3, 0.4) is 0 Å². The Bertz CT molecular complexity index is 357. The lowest BCUT2D eigenvalue weighted by Gasteiger charge is -2.18. The Morgan fingerprint density at radius 1 is 1.57 bits per heavy atom. The Morgan fingerprint density at radius 3 is 2.86 bits per heavy atom. The van der Waals surface area contributed by atoms with Crippen LogP contribution in [0.15, 0.2) is 18.2 Å². The molecule has 0 atom stereocenters. The summed E-state index contributed by atoms with van der Waals surface area (Å²) in [6.45, 7) is 0.623. The third kappa shape index (κ3) is 2.15. The van der Waals surface area contributed by atoms with Crippen molar-refractivity contribution in [3.05, 3.63) is 23.8 Å². The lowest BCUT2D eigenvalue weighted by molar-refractivity contribution is 0.304. The monoisotopic (exact) mass is 191 g/mol. The fraction of sp³-hybridized carbons (Fsp3) is 0.300. The summed E-state index contributed by atoms with van der Waals surface area (Å²) < 4.78 is 0. The van der Waals surface area contributed by atoms with E-state index in [1.54, 1.807) is 12.1 Å². The van der Waals surface area contributed by atoms with Crippen LogP contribution in [0.2, 0.25) is 0 Å². The van der Waals surface area contributed by atoms with Gasteiger partial charge in [0.1, 0.15) is 6.07 Å². The Hall–Kier alpha value is -1.73. The van der Waals surface area contributed by atoms with Crippen LogP contribution in [0, 0.1) is 11.3 Å². The zero-order valence-electron chi connectivity index (χ0n) is 8.07. The number of nitrogens with two attached hydrogens (primary N) is 1. The maximum absolute atomic E-state index is 8.76. The number of aliphatic hydroxyl groups excluding tert-OH is 1. The van der Waals surface area contributed by atoms with Crippen LogP contribution in [-0.4, -0.2) is 25.3 Å². The van der Waals surface area contributed by atoms with Crippen LogP contribution in [0.4, 0.5) is 11.4 Å². The molecule has 1 aromatic carbocycles. The molecule has 1 rings (SSSR count). The first kappa shape index (κ1) is 10.4. The molecule has 0 bridgehead atoms. The minimum Gasteiger partial charge on any atom is -0.398 e. The first-order valence-electron chi connectivity index (χ1n) is 4.30. The van der Waals surface area contributed by atoms with Gasteiger partial charge in [-0.15, -0.1) is 0 Å². The van der Waals surface area contributed by atoms with E-state index in [1.807, 2.05) is 24.1 Å². The van der Waals surface area contributed by atoms with Crippen molar-refractivity contribution in [1.29, 1.82) is 5.26 Å². The van der Waals surface area contributed by atoms with Gasteiger partial charge in [0.05, 0.1) is 12.2 Å². The van der Waals surface area contributed by atoms with Crippen LogP contribution < -0.4 is 10.6 Å². The van der Waals surface area contributed by atoms with E-state index < -0.39 is 0 Å². The van der Waals surface area contributed by atoms with Crippen molar-refractivity contribution in [2.45, 2.75) is 0 Å². The van der Waals surface area contributed by atoms with Gasteiger partial charge in [-0.25, -0.2) is 0 Å². The number of nitrogens with zero attached hydrogens (tertiary/aromatic N) is 2. The average molecular weight is 191 g/mol. The second-order valence-corrected chi connectivity index (χ2v) is 3.03. The molecule has 0 heterocycles. The van der Waals surface area contributed by atoms with Crippen molar-refractivity contribution in [2.24, 2.45) is 0 Å². The molecule has 14 heavy (non-hydrogen) atoms. The van der Waals surface area contributed by atoms with E-state index in [9.17, 15) is 0 Å². The maximum atomic E-state index is 8.76. The second kappa shape index (κ2) is 4.49. The molecule has 0 saturated carbocycles. The van der Waals surface area contributed by atoms with E-state index in [0.29, 0.717) is 17.8 Å². The second-order valence-electron chi connectivity index (χ2n) is 3.03. The first-order valence-corrected chi connectivity index (χ1v) is 4.30. The molecule has 0 aromatic heterocycles. The van der Waals surface area contributed by atoms with E-state index >= 15 is 0 Å². The number of rotatable bonds is 3. The molecule has 0 aliphatic rings. The number of nitrogen functional groups attached to an aromatic ring is 1. The predicted molar refractivity (Wildman–Crippen MR) is 55.9 cm³/mol. The summed E-state index contributed by atoms with van der Waals surface area (Å²) in [5.74, 6) is 0. The minimum atomic E-state index is 0.0861. The molecule has 0 amide bonds. The molecule has 0 unspecified atom stereocenters. The molecule has 74 valence electrons. The van der Waals surface area contributed by atoms with Gasteiger partial charge in [0, 0.05) is 25.0 Å². The lowest BCUT2D eigenvalue weighted by atomic mass is 10.1. The third-order valence-electron chi connectivity index (χ3n) is 2.03. The highest BCUT2D eigenvalue weighted by Gasteiger charge is 2.03. The summed E-state index contributed by atoms with van der Waals surface area (Å²) >= 11 is 0. The highest BCUT2D eigenvalue weighted by Crippen LogP contribution is 2.19. The van der Waals surface area contributed by atoms with E-state index in [4.69, 9.17) is 16.1 Å². The predicted octanol–water partition coefficient (Wildman–Crippen LogP) is 0.569. The van der Waals surface area contributed by atoms with Crippen molar-refractivity contribution in [3.8, 4) is 6.07 Å². The molecule has 3 N–H and O–H groups in total. The molecule has 1 aromatic rings. The summed E-state index contributed by atoms with van der Waals surface area (Å²) in [4.78, 5) is 1.86. The van der Waals surface area contributed by atoms with Crippen LogP contribution in [0.25, 0.3) is 0 Å². The summed E-state index contributed by atoms with van der Waals surface area (Å²) in [7, 11) is 1.85. The number of benzene rings is 1. The Kier molecular flexibility index (Phi) is 3.32. The van der Waals surface area contributed by atoms with E-state index in [-0.39, 0.29) is 6.61 Å². The van der Waals surface area contributed by atoms with Gasteiger partial charge < -0.3 is 15.7 Å². The zero-order valence-corrected chi connectivity index (χ0v) is 8.07. The number of likely N-dealkylation sites (N-methyl/N-ethyl adjacent to an activating group) is 1. The Labute approximate surface area is 83.2 Å². The highest BCUT2D eigenvalue weighted by molar-refractivity contribution is 5.62. The van der Waals surface area contributed by atoms with Crippen molar-refractivity contribution in [2.75, 3.05) is 30.8 Å². The number of hydrogen-bond donors (Lipinski definition) is 2. The summed E-state index contributed by atoms with van der Waals surface area (Å²) in [5.41, 5.74) is 7.41. The fourth-order valence-corrected chi connectivity index (χ4v) is 1.16. The number of nitriles is 1. The fourth-order valence-electron chi connectivity index (χ4n) is 1.16. The average Bonchev–Trinajstić information content (AvgIpc) is 2.19. The summed E-state index contributed by atoms with van der Waals surface area (Å²) in [6.07, 6.45) is 0. The van der Waals surface area contributed by atoms with Crippen molar-refractivity contribution in [3.63, 3.8) is 0 Å². The van der Waals surface area contributed by atoms with Gasteiger partial charge in [-0.2, -0.15) is 5.26 Å².